The van der Waals surface area contributed by atoms with Crippen LogP contribution in [0.5, 0.6) is 0 Å². The van der Waals surface area contributed by atoms with E-state index in [0.717, 1.165) is 11.6 Å². The summed E-state index contributed by atoms with van der Waals surface area (Å²) in [6, 6.07) is 16.0. The van der Waals surface area contributed by atoms with Crippen molar-refractivity contribution in [3.8, 4) is 0 Å². The Bertz CT molecular complexity index is 992. The van der Waals surface area contributed by atoms with Crippen LogP contribution in [-0.4, -0.2) is 26.0 Å². The molecular weight excluding hydrogens is 316 g/mol. The second-order valence-electron chi connectivity index (χ2n) is 5.47. The van der Waals surface area contributed by atoms with E-state index in [0.29, 0.717) is 22.5 Å². The van der Waals surface area contributed by atoms with Crippen LogP contribution in [0.2, 0.25) is 0 Å². The number of aliphatic hydroxyl groups is 2. The average Bonchev–Trinajstić information content (AvgIpc) is 2.63. The molecule has 0 aliphatic rings. The van der Waals surface area contributed by atoms with Gasteiger partial charge in [-0.2, -0.15) is 0 Å². The fraction of sp³-hybridized carbons (Fsp3) is 0.0500. The van der Waals surface area contributed by atoms with Gasteiger partial charge < -0.3 is 10.2 Å². The average molecular weight is 332 g/mol. The standard InChI is InChI=1S/C20H16N2O3/c1-13-17(22-16-10-6-5-9-15(16)21-13)11-19(24)20(25)12-18(23)14-7-3-2-4-8-14/h2-12,23-24H,1H3/b18-12-,19-11-. The van der Waals surface area contributed by atoms with Crippen molar-refractivity contribution in [1.82, 2.24) is 9.97 Å². The Morgan fingerprint density at radius 3 is 2.20 bits per heavy atom. The lowest BCUT2D eigenvalue weighted by Gasteiger charge is -2.03. The van der Waals surface area contributed by atoms with Gasteiger partial charge in [-0.25, -0.2) is 9.97 Å². The van der Waals surface area contributed by atoms with Crippen LogP contribution in [0.25, 0.3) is 22.9 Å². The number of benzene rings is 2. The number of aryl methyl sites for hydroxylation is 1. The molecule has 0 amide bonds. The van der Waals surface area contributed by atoms with Gasteiger partial charge in [-0.15, -0.1) is 0 Å². The lowest BCUT2D eigenvalue weighted by atomic mass is 10.1. The van der Waals surface area contributed by atoms with Crippen LogP contribution in [0.3, 0.4) is 0 Å². The van der Waals surface area contributed by atoms with Gasteiger partial charge >= 0.3 is 0 Å². The molecule has 0 unspecified atom stereocenters. The van der Waals surface area contributed by atoms with Gasteiger partial charge in [-0.1, -0.05) is 42.5 Å². The van der Waals surface area contributed by atoms with E-state index in [4.69, 9.17) is 0 Å². The van der Waals surface area contributed by atoms with Gasteiger partial charge in [0.25, 0.3) is 0 Å². The maximum absolute atomic E-state index is 12.1. The zero-order valence-corrected chi connectivity index (χ0v) is 13.5. The largest absolute Gasteiger partial charge is 0.507 e. The van der Waals surface area contributed by atoms with Crippen molar-refractivity contribution in [3.63, 3.8) is 0 Å². The van der Waals surface area contributed by atoms with Gasteiger partial charge in [0.2, 0.25) is 5.78 Å². The second kappa shape index (κ2) is 6.97. The first-order valence-electron chi connectivity index (χ1n) is 7.69. The summed E-state index contributed by atoms with van der Waals surface area (Å²) in [6.07, 6.45) is 2.23. The molecule has 0 fully saturated rings. The summed E-state index contributed by atoms with van der Waals surface area (Å²) in [6.45, 7) is 1.75. The molecule has 0 saturated heterocycles. The molecule has 0 atom stereocenters. The van der Waals surface area contributed by atoms with Crippen molar-refractivity contribution < 1.29 is 15.0 Å². The predicted octanol–water partition coefficient (Wildman–Crippen LogP) is 4.01. The maximum atomic E-state index is 12.1. The molecule has 0 aliphatic carbocycles. The maximum Gasteiger partial charge on any atom is 0.223 e. The fourth-order valence-corrected chi connectivity index (χ4v) is 2.33. The van der Waals surface area contributed by atoms with Crippen LogP contribution < -0.4 is 0 Å². The number of fused-ring (bicyclic) bond motifs is 1. The van der Waals surface area contributed by atoms with E-state index in [1.807, 2.05) is 18.2 Å². The Morgan fingerprint density at radius 2 is 1.52 bits per heavy atom. The Balaban J connectivity index is 1.91. The summed E-state index contributed by atoms with van der Waals surface area (Å²) in [5.74, 6) is -1.45. The number of hydrogen-bond donors (Lipinski definition) is 2. The molecule has 0 radical (unpaired) electrons. The molecule has 25 heavy (non-hydrogen) atoms. The smallest absolute Gasteiger partial charge is 0.223 e. The zero-order valence-electron chi connectivity index (χ0n) is 13.5. The number of carbonyl (C=O) groups excluding carboxylic acids is 1. The molecule has 2 N–H and O–H groups in total. The van der Waals surface area contributed by atoms with E-state index in [9.17, 15) is 15.0 Å². The summed E-state index contributed by atoms with van der Waals surface area (Å²) in [5, 5.41) is 20.0. The number of aromatic nitrogens is 2. The Kier molecular flexibility index (Phi) is 4.57. The van der Waals surface area contributed by atoms with E-state index in [1.54, 1.807) is 43.3 Å². The van der Waals surface area contributed by atoms with Crippen LogP contribution in [0.15, 0.2) is 66.4 Å². The first-order chi connectivity index (χ1) is 12.0. The SMILES string of the molecule is Cc1nc2ccccc2nc1/C=C(\O)C(=O)/C=C(\O)c1ccccc1. The summed E-state index contributed by atoms with van der Waals surface area (Å²) in [5.41, 5.74) is 2.89. The number of rotatable bonds is 4. The lowest BCUT2D eigenvalue weighted by Crippen LogP contribution is -2.01. The monoisotopic (exact) mass is 332 g/mol. The number of hydrogen-bond acceptors (Lipinski definition) is 5. The van der Waals surface area contributed by atoms with E-state index in [-0.39, 0.29) is 5.76 Å². The van der Waals surface area contributed by atoms with E-state index < -0.39 is 11.5 Å². The first-order valence-corrected chi connectivity index (χ1v) is 7.69. The molecule has 0 saturated carbocycles. The number of para-hydroxylation sites is 2. The van der Waals surface area contributed by atoms with Gasteiger partial charge in [-0.3, -0.25) is 4.79 Å². The fourth-order valence-electron chi connectivity index (χ4n) is 2.33. The van der Waals surface area contributed by atoms with Crippen molar-refractivity contribution in [2.75, 3.05) is 0 Å². The molecule has 5 nitrogen and oxygen atoms in total. The molecule has 1 heterocycles. The normalized spacial score (nSPS) is 12.4. The summed E-state index contributed by atoms with van der Waals surface area (Å²) < 4.78 is 0. The van der Waals surface area contributed by atoms with Crippen LogP contribution >= 0.6 is 0 Å². The van der Waals surface area contributed by atoms with Crippen LogP contribution in [0.4, 0.5) is 0 Å². The molecule has 3 aromatic rings. The topological polar surface area (TPSA) is 83.3 Å². The van der Waals surface area contributed by atoms with E-state index in [1.165, 1.54) is 6.08 Å². The number of ketones is 1. The molecule has 0 spiro atoms. The second-order valence-corrected chi connectivity index (χ2v) is 5.47. The van der Waals surface area contributed by atoms with Crippen molar-refractivity contribution in [1.29, 1.82) is 0 Å². The molecule has 124 valence electrons. The van der Waals surface area contributed by atoms with Gasteiger partial charge in [0.05, 0.1) is 22.4 Å². The van der Waals surface area contributed by atoms with Gasteiger partial charge in [-0.05, 0) is 19.1 Å². The molecular formula is C20H16N2O3. The first kappa shape index (κ1) is 16.4. The minimum Gasteiger partial charge on any atom is -0.507 e. The minimum absolute atomic E-state index is 0.216. The van der Waals surface area contributed by atoms with Gasteiger partial charge in [0.1, 0.15) is 5.76 Å². The number of nitrogens with zero attached hydrogens (tertiary/aromatic N) is 2. The van der Waals surface area contributed by atoms with Crippen LogP contribution in [0, 0.1) is 6.92 Å². The van der Waals surface area contributed by atoms with Crippen molar-refractivity contribution >= 4 is 28.7 Å². The van der Waals surface area contributed by atoms with E-state index >= 15 is 0 Å². The van der Waals surface area contributed by atoms with Crippen LogP contribution in [-0.2, 0) is 4.79 Å². The van der Waals surface area contributed by atoms with Crippen molar-refractivity contribution in [2.24, 2.45) is 0 Å². The quantitative estimate of drug-likeness (QED) is 0.557. The highest BCUT2D eigenvalue weighted by Gasteiger charge is 2.10. The molecule has 1 aromatic heterocycles. The van der Waals surface area contributed by atoms with E-state index in [2.05, 4.69) is 9.97 Å². The number of carbonyl (C=O) groups is 1. The summed E-state index contributed by atoms with van der Waals surface area (Å²) in [7, 11) is 0. The molecule has 2 aromatic carbocycles. The lowest BCUT2D eigenvalue weighted by molar-refractivity contribution is -0.113. The predicted molar refractivity (Wildman–Crippen MR) is 96.9 cm³/mol. The Hall–Kier alpha value is -3.47. The third-order valence-electron chi connectivity index (χ3n) is 3.64. The Morgan fingerprint density at radius 1 is 0.920 bits per heavy atom. The third-order valence-corrected chi connectivity index (χ3v) is 3.64. The zero-order chi connectivity index (χ0) is 17.8. The molecule has 0 aliphatic heterocycles. The number of allylic oxidation sites excluding steroid dienone is 1. The molecule has 3 rings (SSSR count). The van der Waals surface area contributed by atoms with Gasteiger partial charge in [0, 0.05) is 17.7 Å². The molecule has 5 heteroatoms. The minimum atomic E-state index is -0.712. The highest BCUT2D eigenvalue weighted by atomic mass is 16.3. The summed E-state index contributed by atoms with van der Waals surface area (Å²) >= 11 is 0. The Labute approximate surface area is 144 Å². The summed E-state index contributed by atoms with van der Waals surface area (Å²) in [4.78, 5) is 20.9. The van der Waals surface area contributed by atoms with Crippen molar-refractivity contribution in [2.45, 2.75) is 6.92 Å². The van der Waals surface area contributed by atoms with Crippen LogP contribution in [0.1, 0.15) is 17.0 Å². The van der Waals surface area contributed by atoms with Crippen molar-refractivity contribution in [3.05, 3.63) is 83.4 Å². The number of aliphatic hydroxyl groups excluding tert-OH is 2. The van der Waals surface area contributed by atoms with Gasteiger partial charge in [0.15, 0.2) is 5.76 Å². The third kappa shape index (κ3) is 3.72. The highest BCUT2D eigenvalue weighted by Crippen LogP contribution is 2.16. The highest BCUT2D eigenvalue weighted by molar-refractivity contribution is 6.08. The molecule has 0 bridgehead atoms.